The number of rotatable bonds is 0. The number of aromatic amines is 1. The molecule has 2 atom stereocenters. The molecular weight excluding hydrogens is 280 g/mol. The molecule has 0 spiro atoms. The zero-order valence-electron chi connectivity index (χ0n) is 11.5. The molecule has 104 valence electrons. The van der Waals surface area contributed by atoms with Crippen molar-refractivity contribution in [2.45, 2.75) is 24.8 Å². The molecule has 0 bridgehead atoms. The lowest BCUT2D eigenvalue weighted by Gasteiger charge is -2.26. The van der Waals surface area contributed by atoms with Crippen LogP contribution < -0.4 is 5.32 Å². The Morgan fingerprint density at radius 1 is 1.10 bits per heavy atom. The number of hydrogen-bond acceptors (Lipinski definition) is 1. The summed E-state index contributed by atoms with van der Waals surface area (Å²) in [4.78, 5) is 3.64. The first-order chi connectivity index (χ1) is 10.3. The number of anilines is 1. The van der Waals surface area contributed by atoms with E-state index in [9.17, 15) is 0 Å². The molecule has 2 aromatic carbocycles. The summed E-state index contributed by atoms with van der Waals surface area (Å²) in [6.45, 7) is 0. The van der Waals surface area contributed by atoms with Gasteiger partial charge in [0.25, 0.3) is 0 Å². The maximum Gasteiger partial charge on any atom is 0.0735 e. The van der Waals surface area contributed by atoms with Crippen molar-refractivity contribution >= 4 is 28.2 Å². The van der Waals surface area contributed by atoms with Crippen LogP contribution in [-0.4, -0.2) is 4.98 Å². The number of nitrogens with one attached hydrogen (secondary N) is 2. The van der Waals surface area contributed by atoms with Gasteiger partial charge in [-0.25, -0.2) is 0 Å². The second kappa shape index (κ2) is 4.05. The maximum atomic E-state index is 6.18. The van der Waals surface area contributed by atoms with Gasteiger partial charge in [-0.05, 0) is 48.2 Å². The molecule has 3 heteroatoms. The third-order valence-electron chi connectivity index (χ3n) is 4.99. The molecule has 21 heavy (non-hydrogen) atoms. The molecule has 3 aromatic rings. The molecule has 0 amide bonds. The molecule has 1 aromatic heterocycles. The Kier molecular flexibility index (Phi) is 2.25. The second-order valence-corrected chi connectivity index (χ2v) is 6.50. The first-order valence-corrected chi connectivity index (χ1v) is 7.84. The first kappa shape index (κ1) is 11.7. The van der Waals surface area contributed by atoms with Crippen LogP contribution in [0.4, 0.5) is 5.69 Å². The minimum Gasteiger partial charge on any atom is -0.376 e. The van der Waals surface area contributed by atoms with Crippen LogP contribution in [0.25, 0.3) is 10.9 Å². The SMILES string of the molecule is Clc1ccc2c(c1)[C@H]1CCc3c([nH]c4ccccc34)[C@H]1N2. The van der Waals surface area contributed by atoms with Gasteiger partial charge in [-0.2, -0.15) is 0 Å². The first-order valence-electron chi connectivity index (χ1n) is 7.47. The summed E-state index contributed by atoms with van der Waals surface area (Å²) in [5, 5.41) is 5.90. The minimum absolute atomic E-state index is 0.356. The fraction of sp³-hybridized carbons (Fsp3) is 0.222. The van der Waals surface area contributed by atoms with Crippen LogP contribution in [0.5, 0.6) is 0 Å². The van der Waals surface area contributed by atoms with Gasteiger partial charge in [-0.15, -0.1) is 0 Å². The predicted molar refractivity (Wildman–Crippen MR) is 87.2 cm³/mol. The van der Waals surface area contributed by atoms with Crippen molar-refractivity contribution in [2.24, 2.45) is 0 Å². The van der Waals surface area contributed by atoms with Gasteiger partial charge in [0.1, 0.15) is 0 Å². The highest BCUT2D eigenvalue weighted by Gasteiger charge is 2.38. The van der Waals surface area contributed by atoms with E-state index in [1.54, 1.807) is 0 Å². The number of H-pyrrole nitrogens is 1. The second-order valence-electron chi connectivity index (χ2n) is 6.06. The number of hydrogen-bond donors (Lipinski definition) is 2. The van der Waals surface area contributed by atoms with E-state index in [-0.39, 0.29) is 0 Å². The van der Waals surface area contributed by atoms with Crippen molar-refractivity contribution in [1.82, 2.24) is 4.98 Å². The Bertz CT molecular complexity index is 865. The van der Waals surface area contributed by atoms with Crippen molar-refractivity contribution in [3.63, 3.8) is 0 Å². The normalized spacial score (nSPS) is 22.5. The van der Waals surface area contributed by atoms with Gasteiger partial charge in [-0.3, -0.25) is 0 Å². The molecule has 0 saturated carbocycles. The Labute approximate surface area is 128 Å². The van der Waals surface area contributed by atoms with Gasteiger partial charge in [0.15, 0.2) is 0 Å². The lowest BCUT2D eigenvalue weighted by atomic mass is 9.81. The highest BCUT2D eigenvalue weighted by molar-refractivity contribution is 6.30. The van der Waals surface area contributed by atoms with Gasteiger partial charge < -0.3 is 10.3 Å². The Balaban J connectivity index is 1.69. The third kappa shape index (κ3) is 1.54. The number of para-hydroxylation sites is 1. The average Bonchev–Trinajstić information content (AvgIpc) is 3.05. The van der Waals surface area contributed by atoms with E-state index in [4.69, 9.17) is 11.6 Å². The number of halogens is 1. The molecule has 1 aliphatic heterocycles. The topological polar surface area (TPSA) is 27.8 Å². The van der Waals surface area contributed by atoms with E-state index in [1.807, 2.05) is 6.07 Å². The van der Waals surface area contributed by atoms with Crippen LogP contribution in [0, 0.1) is 0 Å². The number of fused-ring (bicyclic) bond motifs is 7. The molecule has 1 aliphatic carbocycles. The minimum atomic E-state index is 0.356. The van der Waals surface area contributed by atoms with Gasteiger partial charge in [0.05, 0.1) is 6.04 Å². The molecule has 2 heterocycles. The van der Waals surface area contributed by atoms with E-state index < -0.39 is 0 Å². The van der Waals surface area contributed by atoms with Gasteiger partial charge in [-0.1, -0.05) is 29.8 Å². The summed E-state index contributed by atoms with van der Waals surface area (Å²) < 4.78 is 0. The average molecular weight is 295 g/mol. The molecule has 5 rings (SSSR count). The fourth-order valence-electron chi connectivity index (χ4n) is 4.07. The molecule has 2 N–H and O–H groups in total. The van der Waals surface area contributed by atoms with E-state index >= 15 is 0 Å². The Morgan fingerprint density at radius 3 is 2.95 bits per heavy atom. The van der Waals surface area contributed by atoms with Crippen LogP contribution in [0.3, 0.4) is 0 Å². The highest BCUT2D eigenvalue weighted by atomic mass is 35.5. The Hall–Kier alpha value is -1.93. The van der Waals surface area contributed by atoms with Crippen molar-refractivity contribution in [3.8, 4) is 0 Å². The van der Waals surface area contributed by atoms with Crippen molar-refractivity contribution in [2.75, 3.05) is 5.32 Å². The summed E-state index contributed by atoms with van der Waals surface area (Å²) in [6, 6.07) is 15.2. The summed E-state index contributed by atoms with van der Waals surface area (Å²) in [5.41, 5.74) is 6.70. The van der Waals surface area contributed by atoms with E-state index in [2.05, 4.69) is 46.7 Å². The van der Waals surface area contributed by atoms with Crippen LogP contribution in [0.1, 0.15) is 35.2 Å². The monoisotopic (exact) mass is 294 g/mol. The summed E-state index contributed by atoms with van der Waals surface area (Å²) >= 11 is 6.18. The van der Waals surface area contributed by atoms with Gasteiger partial charge in [0.2, 0.25) is 0 Å². The molecule has 0 unspecified atom stereocenters. The lowest BCUT2D eigenvalue weighted by molar-refractivity contribution is 0.530. The van der Waals surface area contributed by atoms with Crippen molar-refractivity contribution < 1.29 is 0 Å². The summed E-state index contributed by atoms with van der Waals surface area (Å²) in [6.07, 6.45) is 2.31. The van der Waals surface area contributed by atoms with E-state index in [1.165, 1.54) is 39.8 Å². The summed E-state index contributed by atoms with van der Waals surface area (Å²) in [5.74, 6) is 0.527. The predicted octanol–water partition coefficient (Wildman–Crippen LogP) is 5.02. The fourth-order valence-corrected chi connectivity index (χ4v) is 4.25. The summed E-state index contributed by atoms with van der Waals surface area (Å²) in [7, 11) is 0. The van der Waals surface area contributed by atoms with Crippen LogP contribution >= 0.6 is 11.6 Å². The zero-order chi connectivity index (χ0) is 14.0. The largest absolute Gasteiger partial charge is 0.376 e. The van der Waals surface area contributed by atoms with E-state index in [0.29, 0.717) is 12.0 Å². The lowest BCUT2D eigenvalue weighted by Crippen LogP contribution is -2.19. The van der Waals surface area contributed by atoms with Crippen LogP contribution in [0.15, 0.2) is 42.5 Å². The van der Waals surface area contributed by atoms with Crippen LogP contribution in [0.2, 0.25) is 5.02 Å². The molecule has 0 fully saturated rings. The number of aryl methyl sites for hydroxylation is 1. The van der Waals surface area contributed by atoms with Crippen molar-refractivity contribution in [1.29, 1.82) is 0 Å². The molecule has 2 nitrogen and oxygen atoms in total. The highest BCUT2D eigenvalue weighted by Crippen LogP contribution is 2.51. The standard InChI is InChI=1S/C18H15ClN2/c19-10-5-8-16-14(9-10)13-7-6-12-11-3-1-2-4-15(11)20-17(12)18(13)21-16/h1-5,8-9,13,18,20-21H,6-7H2/t13-,18+/m1/s1. The van der Waals surface area contributed by atoms with Crippen LogP contribution in [-0.2, 0) is 6.42 Å². The van der Waals surface area contributed by atoms with E-state index in [0.717, 1.165) is 11.4 Å². The molecule has 0 saturated heterocycles. The number of aromatic nitrogens is 1. The molecule has 2 aliphatic rings. The molecule has 0 radical (unpaired) electrons. The number of benzene rings is 2. The Morgan fingerprint density at radius 2 is 2.00 bits per heavy atom. The zero-order valence-corrected chi connectivity index (χ0v) is 12.2. The maximum absolute atomic E-state index is 6.18. The van der Waals surface area contributed by atoms with Gasteiger partial charge in [0, 0.05) is 33.2 Å². The molecular formula is C18H15ClN2. The smallest absolute Gasteiger partial charge is 0.0735 e. The van der Waals surface area contributed by atoms with Gasteiger partial charge >= 0.3 is 0 Å². The third-order valence-corrected chi connectivity index (χ3v) is 5.22. The quantitative estimate of drug-likeness (QED) is 0.599. The van der Waals surface area contributed by atoms with Crippen molar-refractivity contribution in [3.05, 3.63) is 64.3 Å².